The lowest BCUT2D eigenvalue weighted by Crippen LogP contribution is -2.39. The van der Waals surface area contributed by atoms with Crippen molar-refractivity contribution in [1.82, 2.24) is 4.72 Å². The van der Waals surface area contributed by atoms with Gasteiger partial charge in [-0.25, -0.2) is 13.1 Å². The molecule has 3 N–H and O–H groups in total. The third-order valence-electron chi connectivity index (χ3n) is 4.02. The highest BCUT2D eigenvalue weighted by molar-refractivity contribution is 9.10. The largest absolute Gasteiger partial charge is 0.398 e. The van der Waals surface area contributed by atoms with Crippen LogP contribution in [0.25, 0.3) is 0 Å². The summed E-state index contributed by atoms with van der Waals surface area (Å²) in [5, 5.41) is 0.307. The minimum absolute atomic E-state index is 0.0927. The fourth-order valence-electron chi connectivity index (χ4n) is 2.82. The normalized spacial score (nSPS) is 18.6. The molecule has 0 aromatic heterocycles. The zero-order chi connectivity index (χ0) is 15.6. The first-order valence-electron chi connectivity index (χ1n) is 7.08. The van der Waals surface area contributed by atoms with E-state index in [4.69, 9.17) is 17.3 Å². The van der Waals surface area contributed by atoms with Gasteiger partial charge in [-0.05, 0) is 53.7 Å². The summed E-state index contributed by atoms with van der Waals surface area (Å²) in [5.74, 6) is 0.392. The average molecular weight is 396 g/mol. The van der Waals surface area contributed by atoms with Crippen LogP contribution in [0.5, 0.6) is 0 Å². The lowest BCUT2D eigenvalue weighted by Gasteiger charge is -2.28. The van der Waals surface area contributed by atoms with Crippen LogP contribution in [0.4, 0.5) is 5.69 Å². The van der Waals surface area contributed by atoms with Crippen molar-refractivity contribution in [2.75, 3.05) is 5.73 Å². The van der Waals surface area contributed by atoms with E-state index in [-0.39, 0.29) is 10.9 Å². The molecule has 4 nitrogen and oxygen atoms in total. The van der Waals surface area contributed by atoms with E-state index in [0.29, 0.717) is 21.1 Å². The van der Waals surface area contributed by atoms with Crippen molar-refractivity contribution in [1.29, 1.82) is 0 Å². The maximum Gasteiger partial charge on any atom is 0.242 e. The van der Waals surface area contributed by atoms with Crippen LogP contribution in [0.1, 0.15) is 39.0 Å². The van der Waals surface area contributed by atoms with Crippen molar-refractivity contribution in [2.24, 2.45) is 5.92 Å². The molecule has 0 radical (unpaired) electrons. The van der Waals surface area contributed by atoms with Crippen LogP contribution < -0.4 is 10.5 Å². The Morgan fingerprint density at radius 1 is 1.33 bits per heavy atom. The summed E-state index contributed by atoms with van der Waals surface area (Å²) >= 11 is 9.15. The Morgan fingerprint density at radius 3 is 2.57 bits per heavy atom. The number of nitrogens with one attached hydrogen (secondary N) is 1. The quantitative estimate of drug-likeness (QED) is 0.759. The first-order valence-corrected chi connectivity index (χ1v) is 9.73. The van der Waals surface area contributed by atoms with Gasteiger partial charge in [0.05, 0.1) is 9.37 Å². The number of nitrogen functional groups attached to an aromatic ring is 1. The number of halogens is 2. The van der Waals surface area contributed by atoms with E-state index >= 15 is 0 Å². The van der Waals surface area contributed by atoms with Crippen molar-refractivity contribution < 1.29 is 8.42 Å². The molecule has 2 rings (SSSR count). The van der Waals surface area contributed by atoms with Crippen molar-refractivity contribution >= 4 is 43.2 Å². The molecule has 0 aliphatic heterocycles. The van der Waals surface area contributed by atoms with Crippen LogP contribution in [0.2, 0.25) is 5.02 Å². The molecular weight excluding hydrogens is 376 g/mol. The van der Waals surface area contributed by atoms with Crippen LogP contribution in [-0.2, 0) is 10.0 Å². The van der Waals surface area contributed by atoms with Crippen molar-refractivity contribution in [2.45, 2.75) is 50.0 Å². The molecule has 0 amide bonds. The lowest BCUT2D eigenvalue weighted by atomic mass is 9.85. The highest BCUT2D eigenvalue weighted by atomic mass is 79.9. The average Bonchev–Trinajstić information content (AvgIpc) is 2.43. The number of anilines is 1. The minimum Gasteiger partial charge on any atom is -0.398 e. The van der Waals surface area contributed by atoms with Gasteiger partial charge in [0, 0.05) is 16.8 Å². The van der Waals surface area contributed by atoms with E-state index in [1.165, 1.54) is 31.4 Å². The highest BCUT2D eigenvalue weighted by Gasteiger charge is 2.27. The zero-order valence-corrected chi connectivity index (χ0v) is 15.1. The van der Waals surface area contributed by atoms with Gasteiger partial charge in [0.25, 0.3) is 0 Å². The first-order chi connectivity index (χ1) is 9.81. The molecule has 0 bridgehead atoms. The smallest absolute Gasteiger partial charge is 0.242 e. The number of benzene rings is 1. The molecule has 0 heterocycles. The molecule has 1 atom stereocenters. The van der Waals surface area contributed by atoms with Gasteiger partial charge in [0.1, 0.15) is 0 Å². The van der Waals surface area contributed by atoms with E-state index in [0.717, 1.165) is 12.8 Å². The fourth-order valence-corrected chi connectivity index (χ4v) is 5.42. The monoisotopic (exact) mass is 394 g/mol. The van der Waals surface area contributed by atoms with Crippen LogP contribution in [-0.4, -0.2) is 14.5 Å². The Labute approximate surface area is 139 Å². The Morgan fingerprint density at radius 2 is 1.95 bits per heavy atom. The second kappa shape index (κ2) is 6.86. The topological polar surface area (TPSA) is 72.2 Å². The molecule has 0 spiro atoms. The van der Waals surface area contributed by atoms with Crippen LogP contribution in [0.3, 0.4) is 0 Å². The van der Waals surface area contributed by atoms with Gasteiger partial charge < -0.3 is 5.73 Å². The van der Waals surface area contributed by atoms with E-state index in [1.807, 2.05) is 6.92 Å². The minimum atomic E-state index is -3.65. The van der Waals surface area contributed by atoms with Crippen LogP contribution >= 0.6 is 27.5 Å². The van der Waals surface area contributed by atoms with Crippen molar-refractivity contribution in [3.05, 3.63) is 21.6 Å². The number of sulfonamides is 1. The second-order valence-electron chi connectivity index (χ2n) is 5.62. The van der Waals surface area contributed by atoms with E-state index in [9.17, 15) is 8.42 Å². The molecule has 1 aliphatic rings. The maximum atomic E-state index is 12.6. The Hall–Kier alpha value is -0.300. The summed E-state index contributed by atoms with van der Waals surface area (Å²) in [6.07, 6.45) is 5.73. The predicted molar refractivity (Wildman–Crippen MR) is 89.9 cm³/mol. The third kappa shape index (κ3) is 4.12. The molecule has 118 valence electrons. The van der Waals surface area contributed by atoms with Crippen molar-refractivity contribution in [3.8, 4) is 0 Å². The summed E-state index contributed by atoms with van der Waals surface area (Å²) in [6, 6.07) is 2.84. The van der Waals surface area contributed by atoms with Gasteiger partial charge in [-0.2, -0.15) is 0 Å². The molecule has 1 fully saturated rings. The van der Waals surface area contributed by atoms with Crippen LogP contribution in [0.15, 0.2) is 21.5 Å². The molecule has 7 heteroatoms. The van der Waals surface area contributed by atoms with E-state index in [1.54, 1.807) is 0 Å². The van der Waals surface area contributed by atoms with Crippen molar-refractivity contribution in [3.63, 3.8) is 0 Å². The molecule has 1 aliphatic carbocycles. The SMILES string of the molecule is CC(NS(=O)(=O)c1cc(Cl)cc(N)c1Br)C1CCCCC1. The maximum absolute atomic E-state index is 12.6. The Kier molecular flexibility index (Phi) is 5.57. The summed E-state index contributed by atoms with van der Waals surface area (Å²) in [5.41, 5.74) is 6.08. The molecule has 1 aromatic rings. The number of nitrogens with two attached hydrogens (primary N) is 1. The molecule has 0 saturated heterocycles. The molecular formula is C14H20BrClN2O2S. The molecule has 21 heavy (non-hydrogen) atoms. The Balaban J connectivity index is 2.22. The number of hydrogen-bond acceptors (Lipinski definition) is 3. The standard InChI is InChI=1S/C14H20BrClN2O2S/c1-9(10-5-3-2-4-6-10)18-21(19,20)13-8-11(16)7-12(17)14(13)15/h7-10,18H,2-6,17H2,1H3. The highest BCUT2D eigenvalue weighted by Crippen LogP contribution is 2.32. The zero-order valence-electron chi connectivity index (χ0n) is 11.9. The predicted octanol–water partition coefficient (Wildman–Crippen LogP) is 3.93. The number of hydrogen-bond donors (Lipinski definition) is 2. The van der Waals surface area contributed by atoms with Crippen LogP contribution in [0, 0.1) is 5.92 Å². The summed E-state index contributed by atoms with van der Waals surface area (Å²) in [4.78, 5) is 0.0927. The van der Waals surface area contributed by atoms with E-state index in [2.05, 4.69) is 20.7 Å². The number of rotatable bonds is 4. The summed E-state index contributed by atoms with van der Waals surface area (Å²) < 4.78 is 28.2. The summed E-state index contributed by atoms with van der Waals surface area (Å²) in [6.45, 7) is 1.93. The van der Waals surface area contributed by atoms with Gasteiger partial charge in [0.15, 0.2) is 0 Å². The van der Waals surface area contributed by atoms with Gasteiger partial charge >= 0.3 is 0 Å². The molecule has 1 aromatic carbocycles. The van der Waals surface area contributed by atoms with Gasteiger partial charge in [-0.3, -0.25) is 0 Å². The van der Waals surface area contributed by atoms with Gasteiger partial charge in [0.2, 0.25) is 10.0 Å². The molecule has 1 unspecified atom stereocenters. The second-order valence-corrected chi connectivity index (χ2v) is 8.53. The van der Waals surface area contributed by atoms with E-state index < -0.39 is 10.0 Å². The summed E-state index contributed by atoms with van der Waals surface area (Å²) in [7, 11) is -3.65. The van der Waals surface area contributed by atoms with Gasteiger partial charge in [-0.1, -0.05) is 30.9 Å². The first kappa shape index (κ1) is 17.1. The lowest BCUT2D eigenvalue weighted by molar-refractivity contribution is 0.303. The third-order valence-corrected chi connectivity index (χ3v) is 6.97. The van der Waals surface area contributed by atoms with Gasteiger partial charge in [-0.15, -0.1) is 0 Å². The fraction of sp³-hybridized carbons (Fsp3) is 0.571. The molecule has 1 saturated carbocycles. The Bertz CT molecular complexity index is 616.